The third-order valence-electron chi connectivity index (χ3n) is 11.6. The van der Waals surface area contributed by atoms with E-state index in [2.05, 4.69) is 19.2 Å². The first-order chi connectivity index (χ1) is 27.3. The third-order valence-corrected chi connectivity index (χ3v) is 11.6. The summed E-state index contributed by atoms with van der Waals surface area (Å²) in [5.41, 5.74) is 0. The molecule has 1 aliphatic heterocycles. The molecule has 1 amide bonds. The first-order valence-electron chi connectivity index (χ1n) is 23.9. The van der Waals surface area contributed by atoms with Gasteiger partial charge in [0.05, 0.1) is 25.4 Å². The van der Waals surface area contributed by atoms with E-state index >= 15 is 0 Å². The second-order valence-electron chi connectivity index (χ2n) is 16.9. The van der Waals surface area contributed by atoms with E-state index in [4.69, 9.17) is 9.47 Å². The fraction of sp³-hybridized carbons (Fsp3) is 0.936. The lowest BCUT2D eigenvalue weighted by atomic mass is 9.99. The largest absolute Gasteiger partial charge is 0.394 e. The van der Waals surface area contributed by atoms with Crippen LogP contribution in [0.5, 0.6) is 0 Å². The van der Waals surface area contributed by atoms with Gasteiger partial charge in [0.1, 0.15) is 24.4 Å². The van der Waals surface area contributed by atoms with Crippen molar-refractivity contribution in [1.82, 2.24) is 5.32 Å². The zero-order valence-electron chi connectivity index (χ0n) is 36.4. The van der Waals surface area contributed by atoms with Crippen LogP contribution in [0.15, 0.2) is 12.2 Å². The van der Waals surface area contributed by atoms with Crippen molar-refractivity contribution < 1.29 is 39.8 Å². The lowest BCUT2D eigenvalue weighted by Gasteiger charge is -2.40. The van der Waals surface area contributed by atoms with E-state index in [1.165, 1.54) is 167 Å². The Morgan fingerprint density at radius 2 is 0.982 bits per heavy atom. The van der Waals surface area contributed by atoms with Gasteiger partial charge in [-0.15, -0.1) is 0 Å². The summed E-state index contributed by atoms with van der Waals surface area (Å²) in [7, 11) is 0. The van der Waals surface area contributed by atoms with Crippen molar-refractivity contribution in [2.45, 2.75) is 269 Å². The van der Waals surface area contributed by atoms with E-state index in [1.807, 2.05) is 6.08 Å². The Morgan fingerprint density at radius 1 is 0.589 bits per heavy atom. The molecule has 6 N–H and O–H groups in total. The first kappa shape index (κ1) is 52.9. The molecule has 0 radical (unpaired) electrons. The number of nitrogens with one attached hydrogen (secondary N) is 1. The molecule has 0 aromatic carbocycles. The van der Waals surface area contributed by atoms with E-state index < -0.39 is 49.5 Å². The predicted molar refractivity (Wildman–Crippen MR) is 231 cm³/mol. The van der Waals surface area contributed by atoms with Crippen molar-refractivity contribution in [3.63, 3.8) is 0 Å². The van der Waals surface area contributed by atoms with Crippen LogP contribution in [0.3, 0.4) is 0 Å². The monoisotopic (exact) mass is 798 g/mol. The summed E-state index contributed by atoms with van der Waals surface area (Å²) < 4.78 is 11.2. The second kappa shape index (κ2) is 38.2. The standard InChI is InChI=1S/C47H91NO8/c1-3-5-7-9-11-13-15-17-18-19-20-21-22-23-25-26-28-30-32-34-36-41(50)40(39-55-47-46(54)45(53)44(52)42(38-49)56-47)48-43(51)37-35-33-31-29-27-24-16-14-12-10-8-6-4-2/h34,36,40-42,44-47,49-50,52-54H,3-33,35,37-39H2,1-2H3,(H,48,51)/b36-34+. The molecular weight excluding hydrogens is 707 g/mol. The summed E-state index contributed by atoms with van der Waals surface area (Å²) in [6.45, 7) is 3.79. The maximum absolute atomic E-state index is 12.9. The maximum atomic E-state index is 12.9. The van der Waals surface area contributed by atoms with E-state index in [9.17, 15) is 30.3 Å². The fourth-order valence-electron chi connectivity index (χ4n) is 7.75. The highest BCUT2D eigenvalue weighted by Crippen LogP contribution is 2.23. The summed E-state index contributed by atoms with van der Waals surface area (Å²) in [4.78, 5) is 12.9. The minimum Gasteiger partial charge on any atom is -0.394 e. The third kappa shape index (κ3) is 28.4. The lowest BCUT2D eigenvalue weighted by molar-refractivity contribution is -0.302. The zero-order valence-corrected chi connectivity index (χ0v) is 36.4. The Balaban J connectivity index is 2.32. The van der Waals surface area contributed by atoms with Gasteiger partial charge in [0, 0.05) is 6.42 Å². The molecule has 0 aromatic heterocycles. The fourth-order valence-corrected chi connectivity index (χ4v) is 7.75. The Kier molecular flexibility index (Phi) is 36.1. The number of amides is 1. The number of hydrogen-bond donors (Lipinski definition) is 6. The zero-order chi connectivity index (χ0) is 40.9. The molecule has 0 spiro atoms. The molecule has 0 aliphatic carbocycles. The normalized spacial score (nSPS) is 21.2. The number of carbonyl (C=O) groups is 1. The van der Waals surface area contributed by atoms with Gasteiger partial charge in [-0.3, -0.25) is 4.79 Å². The molecular formula is C47H91NO8. The molecule has 0 saturated carbocycles. The molecule has 9 heteroatoms. The van der Waals surface area contributed by atoms with Crippen LogP contribution in [0.4, 0.5) is 0 Å². The van der Waals surface area contributed by atoms with Gasteiger partial charge in [-0.1, -0.05) is 212 Å². The number of carbonyl (C=O) groups excluding carboxylic acids is 1. The number of aliphatic hydroxyl groups is 5. The van der Waals surface area contributed by atoms with Crippen molar-refractivity contribution in [1.29, 1.82) is 0 Å². The minimum absolute atomic E-state index is 0.175. The molecule has 9 nitrogen and oxygen atoms in total. The Morgan fingerprint density at radius 3 is 1.39 bits per heavy atom. The average Bonchev–Trinajstić information content (AvgIpc) is 3.20. The first-order valence-corrected chi connectivity index (χ1v) is 23.9. The molecule has 1 heterocycles. The lowest BCUT2D eigenvalue weighted by Crippen LogP contribution is -2.60. The minimum atomic E-state index is -1.56. The number of hydrogen-bond acceptors (Lipinski definition) is 8. The van der Waals surface area contributed by atoms with Crippen LogP contribution in [-0.4, -0.2) is 87.5 Å². The summed E-state index contributed by atoms with van der Waals surface area (Å²) >= 11 is 0. The van der Waals surface area contributed by atoms with Crippen molar-refractivity contribution in [2.75, 3.05) is 13.2 Å². The number of aliphatic hydroxyl groups excluding tert-OH is 5. The van der Waals surface area contributed by atoms with Crippen LogP contribution < -0.4 is 5.32 Å². The van der Waals surface area contributed by atoms with Gasteiger partial charge in [0.15, 0.2) is 6.29 Å². The van der Waals surface area contributed by atoms with Crippen LogP contribution in [0, 0.1) is 0 Å². The van der Waals surface area contributed by atoms with Crippen molar-refractivity contribution in [3.8, 4) is 0 Å². The van der Waals surface area contributed by atoms with Crippen molar-refractivity contribution in [2.24, 2.45) is 0 Å². The van der Waals surface area contributed by atoms with Crippen LogP contribution >= 0.6 is 0 Å². The Bertz CT molecular complexity index is 888. The van der Waals surface area contributed by atoms with Gasteiger partial charge in [-0.2, -0.15) is 0 Å². The number of allylic oxidation sites excluding steroid dienone is 1. The molecule has 0 aromatic rings. The van der Waals surface area contributed by atoms with Crippen LogP contribution in [0.25, 0.3) is 0 Å². The van der Waals surface area contributed by atoms with Crippen molar-refractivity contribution >= 4 is 5.91 Å². The summed E-state index contributed by atoms with van der Waals surface area (Å²) in [6.07, 6.45) is 36.8. The molecule has 7 atom stereocenters. The number of unbranched alkanes of at least 4 members (excludes halogenated alkanes) is 30. The van der Waals surface area contributed by atoms with E-state index in [1.54, 1.807) is 6.08 Å². The average molecular weight is 798 g/mol. The summed E-state index contributed by atoms with van der Waals surface area (Å²) in [5.74, 6) is -0.175. The van der Waals surface area contributed by atoms with E-state index in [0.29, 0.717) is 6.42 Å². The molecule has 332 valence electrons. The molecule has 0 bridgehead atoms. The number of rotatable bonds is 40. The quantitative estimate of drug-likeness (QED) is 0.0265. The second-order valence-corrected chi connectivity index (χ2v) is 16.9. The van der Waals surface area contributed by atoms with Gasteiger partial charge < -0.3 is 40.3 Å². The Hall–Kier alpha value is -1.07. The maximum Gasteiger partial charge on any atom is 0.220 e. The molecule has 1 aliphatic rings. The van der Waals surface area contributed by atoms with Gasteiger partial charge in [0.2, 0.25) is 5.91 Å². The van der Waals surface area contributed by atoms with Crippen molar-refractivity contribution in [3.05, 3.63) is 12.2 Å². The van der Waals surface area contributed by atoms with Crippen LogP contribution in [0.1, 0.15) is 226 Å². The van der Waals surface area contributed by atoms with E-state index in [0.717, 1.165) is 38.5 Å². The molecule has 1 fully saturated rings. The smallest absolute Gasteiger partial charge is 0.220 e. The number of ether oxygens (including phenoxy) is 2. The van der Waals surface area contributed by atoms with E-state index in [-0.39, 0.29) is 12.5 Å². The molecule has 1 saturated heterocycles. The van der Waals surface area contributed by atoms with Gasteiger partial charge in [-0.25, -0.2) is 0 Å². The van der Waals surface area contributed by atoms with Crippen LogP contribution in [-0.2, 0) is 14.3 Å². The van der Waals surface area contributed by atoms with Gasteiger partial charge >= 0.3 is 0 Å². The summed E-state index contributed by atoms with van der Waals surface area (Å²) in [6, 6.07) is -0.798. The topological polar surface area (TPSA) is 149 Å². The molecule has 1 rings (SSSR count). The molecule has 7 unspecified atom stereocenters. The highest BCUT2D eigenvalue weighted by molar-refractivity contribution is 5.76. The highest BCUT2D eigenvalue weighted by atomic mass is 16.7. The molecule has 56 heavy (non-hydrogen) atoms. The SMILES string of the molecule is CCCCCCCCCCCCCCCCCCCC/C=C/C(O)C(COC1OC(CO)C(O)C(O)C1O)NC(=O)CCCCCCCCCCCCCCC. The highest BCUT2D eigenvalue weighted by Gasteiger charge is 2.44. The summed E-state index contributed by atoms with van der Waals surface area (Å²) in [5, 5.41) is 54.2. The van der Waals surface area contributed by atoms with Gasteiger partial charge in [0.25, 0.3) is 0 Å². The Labute approximate surface area is 344 Å². The van der Waals surface area contributed by atoms with Gasteiger partial charge in [-0.05, 0) is 19.3 Å². The van der Waals surface area contributed by atoms with Crippen LogP contribution in [0.2, 0.25) is 0 Å². The predicted octanol–water partition coefficient (Wildman–Crippen LogP) is 10.1.